The Labute approximate surface area is 201 Å². The molecule has 0 spiro atoms. The smallest absolute Gasteiger partial charge is 0.326 e. The average molecular weight is 487 g/mol. The number of carbonyl (C=O) groups is 5. The van der Waals surface area contributed by atoms with Crippen LogP contribution in [0, 0.1) is 11.8 Å². The number of unbranched alkanes of at least 4 members (excludes halogenated alkanes) is 1. The number of nitrogens with one attached hydrogen (secondary N) is 3. The summed E-state index contributed by atoms with van der Waals surface area (Å²) >= 11 is 0. The number of hydrogen-bond acceptors (Lipinski definition) is 7. The first kappa shape index (κ1) is 31.3. The van der Waals surface area contributed by atoms with Gasteiger partial charge in [-0.3, -0.25) is 19.2 Å². The Kier molecular flexibility index (Phi) is 14.7. The molecule has 10 N–H and O–H groups in total. The summed E-state index contributed by atoms with van der Waals surface area (Å²) in [4.78, 5) is 60.8. The molecule has 0 aliphatic rings. The molecule has 12 heteroatoms. The van der Waals surface area contributed by atoms with Gasteiger partial charge in [0.25, 0.3) is 0 Å². The van der Waals surface area contributed by atoms with E-state index in [2.05, 4.69) is 16.0 Å². The number of amides is 4. The van der Waals surface area contributed by atoms with E-state index in [-0.39, 0.29) is 37.5 Å². The maximum Gasteiger partial charge on any atom is 0.326 e. The Morgan fingerprint density at radius 3 is 1.59 bits per heavy atom. The molecule has 4 amide bonds. The van der Waals surface area contributed by atoms with E-state index in [1.165, 1.54) is 0 Å². The van der Waals surface area contributed by atoms with Crippen LogP contribution in [0.25, 0.3) is 0 Å². The van der Waals surface area contributed by atoms with Crippen molar-refractivity contribution in [3.05, 3.63) is 0 Å². The monoisotopic (exact) mass is 486 g/mol. The number of nitrogens with two attached hydrogens (primary N) is 3. The number of aliphatic carboxylic acids is 1. The fourth-order valence-electron chi connectivity index (χ4n) is 3.29. The molecule has 0 aliphatic carbocycles. The number of primary amides is 1. The highest BCUT2D eigenvalue weighted by Crippen LogP contribution is 2.10. The Morgan fingerprint density at radius 1 is 0.765 bits per heavy atom. The first-order valence-electron chi connectivity index (χ1n) is 11.7. The molecule has 34 heavy (non-hydrogen) atoms. The molecular formula is C22H42N6O6. The normalized spacial score (nSPS) is 14.7. The van der Waals surface area contributed by atoms with Crippen molar-refractivity contribution in [1.82, 2.24) is 16.0 Å². The summed E-state index contributed by atoms with van der Waals surface area (Å²) in [7, 11) is 0. The van der Waals surface area contributed by atoms with Crippen molar-refractivity contribution in [2.24, 2.45) is 29.0 Å². The van der Waals surface area contributed by atoms with Crippen LogP contribution in [0.15, 0.2) is 0 Å². The molecule has 196 valence electrons. The number of carboxylic acid groups (broad SMARTS) is 1. The minimum absolute atomic E-state index is 0.0127. The van der Waals surface area contributed by atoms with Gasteiger partial charge in [0.05, 0.1) is 12.5 Å². The largest absolute Gasteiger partial charge is 0.480 e. The van der Waals surface area contributed by atoms with Crippen molar-refractivity contribution in [2.75, 3.05) is 6.54 Å². The molecule has 0 saturated carbocycles. The highest BCUT2D eigenvalue weighted by atomic mass is 16.4. The van der Waals surface area contributed by atoms with Crippen LogP contribution in [-0.2, 0) is 24.0 Å². The third-order valence-electron chi connectivity index (χ3n) is 5.00. The highest BCUT2D eigenvalue weighted by Gasteiger charge is 2.31. The number of hydrogen-bond donors (Lipinski definition) is 7. The molecule has 0 heterocycles. The van der Waals surface area contributed by atoms with Gasteiger partial charge in [-0.05, 0) is 50.5 Å². The summed E-state index contributed by atoms with van der Waals surface area (Å²) in [5.41, 5.74) is 16.2. The Bertz CT molecular complexity index is 699. The van der Waals surface area contributed by atoms with Crippen molar-refractivity contribution in [3.8, 4) is 0 Å². The quantitative estimate of drug-likeness (QED) is 0.125. The third kappa shape index (κ3) is 13.1. The van der Waals surface area contributed by atoms with Gasteiger partial charge >= 0.3 is 5.97 Å². The zero-order valence-corrected chi connectivity index (χ0v) is 20.6. The Morgan fingerprint density at radius 2 is 1.21 bits per heavy atom. The molecule has 0 aromatic heterocycles. The molecule has 0 bridgehead atoms. The lowest BCUT2D eigenvalue weighted by Gasteiger charge is -2.26. The molecule has 0 rings (SSSR count). The molecule has 0 aliphatic heterocycles. The van der Waals surface area contributed by atoms with Crippen LogP contribution in [0.2, 0.25) is 0 Å². The van der Waals surface area contributed by atoms with Gasteiger partial charge in [0.2, 0.25) is 23.6 Å². The van der Waals surface area contributed by atoms with Crippen LogP contribution in [0.5, 0.6) is 0 Å². The summed E-state index contributed by atoms with van der Waals surface area (Å²) in [6.45, 7) is 7.84. The zero-order chi connectivity index (χ0) is 26.4. The fraction of sp³-hybridized carbons (Fsp3) is 0.773. The minimum Gasteiger partial charge on any atom is -0.480 e. The van der Waals surface area contributed by atoms with Crippen LogP contribution in [0.1, 0.15) is 66.2 Å². The standard InChI is InChI=1S/C22H42N6O6/c1-12(2)9-16(27-19(30)14(24)11-18(25)29)21(32)28-17(10-13(3)4)20(31)26-15(22(33)34)7-5-6-8-23/h12-17H,5-11,23-24H2,1-4H3,(H2,25,29)(H,26,31)(H,27,30)(H,28,32)(H,33,34). The van der Waals surface area contributed by atoms with Gasteiger partial charge < -0.3 is 38.3 Å². The van der Waals surface area contributed by atoms with E-state index < -0.39 is 53.8 Å². The van der Waals surface area contributed by atoms with Gasteiger partial charge in [0.15, 0.2) is 0 Å². The molecule has 0 radical (unpaired) electrons. The lowest BCUT2D eigenvalue weighted by Crippen LogP contribution is -2.57. The highest BCUT2D eigenvalue weighted by molar-refractivity contribution is 5.95. The second kappa shape index (κ2) is 16.0. The van der Waals surface area contributed by atoms with Crippen molar-refractivity contribution < 1.29 is 29.1 Å². The van der Waals surface area contributed by atoms with Crippen LogP contribution in [0.3, 0.4) is 0 Å². The lowest BCUT2D eigenvalue weighted by atomic mass is 9.99. The molecule has 12 nitrogen and oxygen atoms in total. The predicted octanol–water partition coefficient (Wildman–Crippen LogP) is -1.05. The van der Waals surface area contributed by atoms with E-state index in [9.17, 15) is 29.1 Å². The van der Waals surface area contributed by atoms with Crippen LogP contribution >= 0.6 is 0 Å². The summed E-state index contributed by atoms with van der Waals surface area (Å²) in [6, 6.07) is -4.33. The molecule has 0 saturated heterocycles. The van der Waals surface area contributed by atoms with E-state index in [0.717, 1.165) is 0 Å². The van der Waals surface area contributed by atoms with E-state index >= 15 is 0 Å². The maximum atomic E-state index is 13.0. The fourth-order valence-corrected chi connectivity index (χ4v) is 3.29. The first-order chi connectivity index (χ1) is 15.8. The van der Waals surface area contributed by atoms with Gasteiger partial charge in [-0.2, -0.15) is 0 Å². The van der Waals surface area contributed by atoms with Crippen molar-refractivity contribution >= 4 is 29.6 Å². The first-order valence-corrected chi connectivity index (χ1v) is 11.7. The number of carbonyl (C=O) groups excluding carboxylic acids is 4. The zero-order valence-electron chi connectivity index (χ0n) is 20.6. The van der Waals surface area contributed by atoms with E-state index in [4.69, 9.17) is 17.2 Å². The van der Waals surface area contributed by atoms with E-state index in [1.807, 2.05) is 27.7 Å². The lowest BCUT2D eigenvalue weighted by molar-refractivity contribution is -0.142. The Balaban J connectivity index is 5.46. The SMILES string of the molecule is CC(C)CC(NC(=O)C(N)CC(N)=O)C(=O)NC(CC(C)C)C(=O)NC(CCCCN)C(=O)O. The second-order valence-electron chi connectivity index (χ2n) is 9.34. The van der Waals surface area contributed by atoms with E-state index in [0.29, 0.717) is 19.4 Å². The van der Waals surface area contributed by atoms with Crippen molar-refractivity contribution in [3.63, 3.8) is 0 Å². The molecule has 4 atom stereocenters. The van der Waals surface area contributed by atoms with Gasteiger partial charge in [-0.25, -0.2) is 4.79 Å². The van der Waals surface area contributed by atoms with Gasteiger partial charge in [-0.15, -0.1) is 0 Å². The Hall–Kier alpha value is -2.73. The molecule has 0 aromatic carbocycles. The van der Waals surface area contributed by atoms with Crippen LogP contribution in [0.4, 0.5) is 0 Å². The van der Waals surface area contributed by atoms with Crippen molar-refractivity contribution in [2.45, 2.75) is 90.4 Å². The molecule has 0 aromatic rings. The molecule has 0 fully saturated rings. The van der Waals surface area contributed by atoms with Gasteiger partial charge in [-0.1, -0.05) is 27.7 Å². The minimum atomic E-state index is -1.21. The van der Waals surface area contributed by atoms with Crippen LogP contribution in [-0.4, -0.2) is 65.4 Å². The van der Waals surface area contributed by atoms with E-state index in [1.54, 1.807) is 0 Å². The maximum absolute atomic E-state index is 13.0. The summed E-state index contributed by atoms with van der Waals surface area (Å²) in [5, 5.41) is 17.1. The van der Waals surface area contributed by atoms with Crippen molar-refractivity contribution in [1.29, 1.82) is 0 Å². The predicted molar refractivity (Wildman–Crippen MR) is 127 cm³/mol. The molecule has 4 unspecified atom stereocenters. The second-order valence-corrected chi connectivity index (χ2v) is 9.34. The average Bonchev–Trinajstić information content (AvgIpc) is 2.70. The molecular weight excluding hydrogens is 444 g/mol. The summed E-state index contributed by atoms with van der Waals surface area (Å²) in [5.74, 6) is -3.84. The number of rotatable bonds is 17. The van der Waals surface area contributed by atoms with Gasteiger partial charge in [0.1, 0.15) is 18.1 Å². The number of carboxylic acids is 1. The topological polar surface area (TPSA) is 220 Å². The summed E-state index contributed by atoms with van der Waals surface area (Å²) < 4.78 is 0. The third-order valence-corrected chi connectivity index (χ3v) is 5.00. The summed E-state index contributed by atoms with van der Waals surface area (Å²) in [6.07, 6.45) is 1.51. The van der Waals surface area contributed by atoms with Gasteiger partial charge in [0, 0.05) is 0 Å². The van der Waals surface area contributed by atoms with Crippen LogP contribution < -0.4 is 33.2 Å².